The molecule has 3 N–H and O–H groups in total. The minimum absolute atomic E-state index is 0.134. The molecule has 0 saturated heterocycles. The highest BCUT2D eigenvalue weighted by atomic mass is 32.1. The van der Waals surface area contributed by atoms with E-state index in [9.17, 15) is 14.4 Å². The van der Waals surface area contributed by atoms with Gasteiger partial charge in [0.1, 0.15) is 11.5 Å². The van der Waals surface area contributed by atoms with Crippen LogP contribution in [-0.2, 0) is 18.4 Å². The van der Waals surface area contributed by atoms with Crippen molar-refractivity contribution >= 4 is 34.8 Å². The maximum absolute atomic E-state index is 12.3. The van der Waals surface area contributed by atoms with Gasteiger partial charge in [-0.15, -0.1) is 6.42 Å². The number of terminal acetylenes is 1. The van der Waals surface area contributed by atoms with Gasteiger partial charge in [0.2, 0.25) is 5.91 Å². The fourth-order valence-electron chi connectivity index (χ4n) is 1.84. The summed E-state index contributed by atoms with van der Waals surface area (Å²) in [6, 6.07) is 1.84. The number of rotatable bonds is 4. The van der Waals surface area contributed by atoms with E-state index in [1.165, 1.54) is 24.5 Å². The third-order valence-electron chi connectivity index (χ3n) is 3.06. The molecule has 118 valence electrons. The Morgan fingerprint density at radius 2 is 2.26 bits per heavy atom. The Hall–Kier alpha value is -3.05. The number of nitrogen functional groups attached to an aromatic ring is 1. The van der Waals surface area contributed by atoms with Crippen molar-refractivity contribution in [2.24, 2.45) is 7.05 Å². The monoisotopic (exact) mass is 330 g/mol. The minimum atomic E-state index is -0.735. The van der Waals surface area contributed by atoms with Crippen LogP contribution < -0.4 is 22.3 Å². The van der Waals surface area contributed by atoms with E-state index >= 15 is 0 Å². The number of nitrogens with two attached hydrogens (primary N) is 1. The fourth-order valence-corrected chi connectivity index (χ4v) is 2.47. The number of carbonyl (C=O) groups excluding carboxylic acids is 1. The maximum Gasteiger partial charge on any atom is 0.333 e. The fraction of sp³-hybridized carbons (Fsp3) is 0.133. The average Bonchev–Trinajstić information content (AvgIpc) is 3.05. The molecule has 0 spiro atoms. The number of nitrogens with one attached hydrogen (secondary N) is 1. The number of carbonyl (C=O) groups is 1. The number of anilines is 2. The molecule has 2 aromatic rings. The van der Waals surface area contributed by atoms with Gasteiger partial charge in [-0.3, -0.25) is 14.2 Å². The zero-order valence-electron chi connectivity index (χ0n) is 12.3. The maximum atomic E-state index is 12.3. The van der Waals surface area contributed by atoms with Crippen molar-refractivity contribution in [2.45, 2.75) is 6.54 Å². The Morgan fingerprint density at radius 3 is 2.87 bits per heavy atom. The van der Waals surface area contributed by atoms with Crippen molar-refractivity contribution in [1.82, 2.24) is 9.13 Å². The predicted molar refractivity (Wildman–Crippen MR) is 91.2 cm³/mol. The molecule has 0 radical (unpaired) electrons. The van der Waals surface area contributed by atoms with Gasteiger partial charge >= 0.3 is 5.69 Å². The quantitative estimate of drug-likeness (QED) is 0.629. The van der Waals surface area contributed by atoms with Crippen LogP contribution >= 0.6 is 11.3 Å². The molecule has 0 fully saturated rings. The number of hydrogen-bond acceptors (Lipinski definition) is 5. The molecular weight excluding hydrogens is 316 g/mol. The van der Waals surface area contributed by atoms with Crippen LogP contribution in [-0.4, -0.2) is 15.0 Å². The molecule has 0 aromatic carbocycles. The molecule has 23 heavy (non-hydrogen) atoms. The summed E-state index contributed by atoms with van der Waals surface area (Å²) in [6.45, 7) is -0.209. The zero-order chi connectivity index (χ0) is 17.0. The summed E-state index contributed by atoms with van der Waals surface area (Å²) in [7, 11) is 1.39. The second-order valence-electron chi connectivity index (χ2n) is 4.58. The molecular formula is C15H14N4O3S. The lowest BCUT2D eigenvalue weighted by Crippen LogP contribution is -2.41. The minimum Gasteiger partial charge on any atom is -0.383 e. The molecule has 0 aliphatic heterocycles. The highest BCUT2D eigenvalue weighted by Crippen LogP contribution is 2.11. The Labute approximate surface area is 135 Å². The summed E-state index contributed by atoms with van der Waals surface area (Å²) in [5.41, 5.74) is 5.06. The van der Waals surface area contributed by atoms with Crippen molar-refractivity contribution in [1.29, 1.82) is 0 Å². The van der Waals surface area contributed by atoms with Crippen molar-refractivity contribution in [3.05, 3.63) is 49.3 Å². The lowest BCUT2D eigenvalue weighted by atomic mass is 10.3. The lowest BCUT2D eigenvalue weighted by Gasteiger charge is -2.12. The third-order valence-corrected chi connectivity index (χ3v) is 3.76. The van der Waals surface area contributed by atoms with E-state index < -0.39 is 17.2 Å². The summed E-state index contributed by atoms with van der Waals surface area (Å²) in [5, 5.41) is 6.14. The van der Waals surface area contributed by atoms with Crippen LogP contribution in [0, 0.1) is 12.3 Å². The lowest BCUT2D eigenvalue weighted by molar-refractivity contribution is -0.111. The molecule has 0 atom stereocenters. The number of nitrogens with zero attached hydrogens (tertiary/aromatic N) is 2. The highest BCUT2D eigenvalue weighted by Gasteiger charge is 2.16. The van der Waals surface area contributed by atoms with Crippen LogP contribution in [0.2, 0.25) is 0 Å². The van der Waals surface area contributed by atoms with Gasteiger partial charge in [0.25, 0.3) is 5.56 Å². The average molecular weight is 330 g/mol. The number of thiophene rings is 1. The van der Waals surface area contributed by atoms with Crippen LogP contribution in [0.1, 0.15) is 5.56 Å². The first-order valence-electron chi connectivity index (χ1n) is 6.49. The summed E-state index contributed by atoms with van der Waals surface area (Å²) in [4.78, 5) is 36.2. The van der Waals surface area contributed by atoms with Gasteiger partial charge < -0.3 is 11.1 Å². The smallest absolute Gasteiger partial charge is 0.333 e. The van der Waals surface area contributed by atoms with Crippen LogP contribution in [0.3, 0.4) is 0 Å². The van der Waals surface area contributed by atoms with E-state index in [2.05, 4.69) is 11.2 Å². The summed E-state index contributed by atoms with van der Waals surface area (Å²) in [6.07, 6.45) is 8.03. The number of amides is 1. The van der Waals surface area contributed by atoms with E-state index in [-0.39, 0.29) is 18.1 Å². The zero-order valence-corrected chi connectivity index (χ0v) is 13.1. The van der Waals surface area contributed by atoms with Gasteiger partial charge in [-0.2, -0.15) is 11.3 Å². The van der Waals surface area contributed by atoms with Gasteiger partial charge in [-0.25, -0.2) is 9.36 Å². The van der Waals surface area contributed by atoms with E-state index in [0.29, 0.717) is 0 Å². The van der Waals surface area contributed by atoms with Gasteiger partial charge in [-0.05, 0) is 28.5 Å². The molecule has 8 heteroatoms. The van der Waals surface area contributed by atoms with E-state index in [0.717, 1.165) is 14.7 Å². The van der Waals surface area contributed by atoms with Crippen molar-refractivity contribution in [3.8, 4) is 12.3 Å². The molecule has 1 amide bonds. The molecule has 0 saturated carbocycles. The van der Waals surface area contributed by atoms with Crippen molar-refractivity contribution in [3.63, 3.8) is 0 Å². The van der Waals surface area contributed by atoms with E-state index in [1.54, 1.807) is 6.08 Å². The molecule has 2 aromatic heterocycles. The third kappa shape index (κ3) is 3.41. The molecule has 0 bridgehead atoms. The Balaban J connectivity index is 2.36. The first-order chi connectivity index (χ1) is 11.0. The van der Waals surface area contributed by atoms with Crippen LogP contribution in [0.25, 0.3) is 6.08 Å². The second-order valence-corrected chi connectivity index (χ2v) is 5.36. The normalized spacial score (nSPS) is 10.6. The molecule has 2 rings (SSSR count). The van der Waals surface area contributed by atoms with E-state index in [4.69, 9.17) is 12.2 Å². The molecule has 0 aliphatic carbocycles. The molecule has 2 heterocycles. The largest absolute Gasteiger partial charge is 0.383 e. The number of hydrogen-bond donors (Lipinski definition) is 2. The van der Waals surface area contributed by atoms with Gasteiger partial charge in [0.05, 0.1) is 6.54 Å². The summed E-state index contributed by atoms with van der Waals surface area (Å²) >= 11 is 1.50. The van der Waals surface area contributed by atoms with Gasteiger partial charge in [0, 0.05) is 13.1 Å². The second kappa shape index (κ2) is 6.81. The Bertz CT molecular complexity index is 914. The van der Waals surface area contributed by atoms with Crippen LogP contribution in [0.4, 0.5) is 11.5 Å². The summed E-state index contributed by atoms with van der Waals surface area (Å²) in [5.74, 6) is 1.55. The topological polar surface area (TPSA) is 99.1 Å². The Morgan fingerprint density at radius 1 is 1.52 bits per heavy atom. The standard InChI is InChI=1S/C15H14N4O3S/c1-3-7-19-14(21)12(13(16)18(2)15(19)22)17-11(20)5-4-10-6-8-23-9-10/h1,4-6,8-9H,7,16H2,2H3,(H,17,20)/b5-4+. The molecule has 0 unspecified atom stereocenters. The van der Waals surface area contributed by atoms with Crippen molar-refractivity contribution < 1.29 is 4.79 Å². The SMILES string of the molecule is C#CCn1c(=O)c(NC(=O)/C=C/c2ccsc2)c(N)n(C)c1=O. The number of aromatic nitrogens is 2. The predicted octanol–water partition coefficient (Wildman–Crippen LogP) is 0.476. The van der Waals surface area contributed by atoms with Gasteiger partial charge in [-0.1, -0.05) is 5.92 Å². The molecule has 7 nitrogen and oxygen atoms in total. The van der Waals surface area contributed by atoms with Crippen LogP contribution in [0.15, 0.2) is 32.5 Å². The first kappa shape index (κ1) is 16.3. The highest BCUT2D eigenvalue weighted by molar-refractivity contribution is 7.08. The van der Waals surface area contributed by atoms with Gasteiger partial charge in [0.15, 0.2) is 0 Å². The first-order valence-corrected chi connectivity index (χ1v) is 7.44. The van der Waals surface area contributed by atoms with E-state index in [1.807, 2.05) is 16.8 Å². The van der Waals surface area contributed by atoms with Crippen molar-refractivity contribution in [2.75, 3.05) is 11.1 Å². The summed E-state index contributed by atoms with van der Waals surface area (Å²) < 4.78 is 1.88. The Kier molecular flexibility index (Phi) is 4.83. The van der Waals surface area contributed by atoms with Crippen LogP contribution in [0.5, 0.6) is 0 Å². The molecule has 0 aliphatic rings.